The molecule has 4 N–H and O–H groups in total. The number of halogens is 1. The topological polar surface area (TPSA) is 139 Å². The molecule has 1 aliphatic rings. The van der Waals surface area contributed by atoms with Gasteiger partial charge in [0.25, 0.3) is 0 Å². The zero-order chi connectivity index (χ0) is 31.9. The lowest BCUT2D eigenvalue weighted by Crippen LogP contribution is -2.48. The third-order valence-electron chi connectivity index (χ3n) is 7.52. The van der Waals surface area contributed by atoms with Gasteiger partial charge in [0.05, 0.1) is 6.61 Å². The number of carbonyl (C=O) groups is 4. The molecule has 0 spiro atoms. The van der Waals surface area contributed by atoms with Gasteiger partial charge < -0.3 is 30.4 Å². The maximum absolute atomic E-state index is 13.5. The highest BCUT2D eigenvalue weighted by Crippen LogP contribution is 2.29. The first kappa shape index (κ1) is 32.5. The Balaban J connectivity index is 1.39. The minimum Gasteiger partial charge on any atom is -0.461 e. The van der Waals surface area contributed by atoms with Crippen molar-refractivity contribution in [2.45, 2.75) is 71.4 Å². The monoisotopic (exact) mass is 608 g/mol. The number of hydrogen-bond acceptors (Lipinski definition) is 6. The van der Waals surface area contributed by atoms with Crippen molar-refractivity contribution in [3.63, 3.8) is 0 Å². The molecule has 236 valence electrons. The highest BCUT2D eigenvalue weighted by Gasteiger charge is 2.30. The van der Waals surface area contributed by atoms with E-state index in [0.717, 1.165) is 12.8 Å². The van der Waals surface area contributed by atoms with Gasteiger partial charge in [0, 0.05) is 35.5 Å². The van der Waals surface area contributed by atoms with Crippen LogP contribution in [0.15, 0.2) is 48.5 Å². The van der Waals surface area contributed by atoms with E-state index < -0.39 is 35.4 Å². The van der Waals surface area contributed by atoms with E-state index in [-0.39, 0.29) is 30.8 Å². The van der Waals surface area contributed by atoms with Crippen LogP contribution < -0.4 is 16.0 Å². The van der Waals surface area contributed by atoms with Crippen LogP contribution in [0.5, 0.6) is 0 Å². The van der Waals surface area contributed by atoms with E-state index in [0.29, 0.717) is 47.2 Å². The van der Waals surface area contributed by atoms with E-state index in [2.05, 4.69) is 20.9 Å². The van der Waals surface area contributed by atoms with E-state index in [1.54, 1.807) is 43.3 Å². The number of aromatic amines is 1. The molecule has 1 aliphatic carbocycles. The molecule has 4 rings (SSSR count). The summed E-state index contributed by atoms with van der Waals surface area (Å²) in [4.78, 5) is 54.0. The fourth-order valence-electron chi connectivity index (χ4n) is 5.28. The molecule has 0 saturated heterocycles. The fourth-order valence-corrected chi connectivity index (χ4v) is 5.28. The maximum atomic E-state index is 13.5. The minimum atomic E-state index is -0.906. The van der Waals surface area contributed by atoms with Crippen molar-refractivity contribution in [2.24, 2.45) is 11.8 Å². The number of H-pyrrole nitrogens is 1. The van der Waals surface area contributed by atoms with Crippen LogP contribution in [0.25, 0.3) is 10.9 Å². The summed E-state index contributed by atoms with van der Waals surface area (Å²) in [7, 11) is 0. The lowest BCUT2D eigenvalue weighted by atomic mass is 9.81. The number of aromatic nitrogens is 1. The van der Waals surface area contributed by atoms with E-state index >= 15 is 0 Å². The normalized spacial score (nSPS) is 17.4. The van der Waals surface area contributed by atoms with Gasteiger partial charge in [0.2, 0.25) is 11.8 Å². The van der Waals surface area contributed by atoms with Crippen LogP contribution in [0.4, 0.5) is 14.9 Å². The number of anilines is 1. The van der Waals surface area contributed by atoms with Crippen molar-refractivity contribution in [1.29, 1.82) is 0 Å². The van der Waals surface area contributed by atoms with Crippen molar-refractivity contribution in [2.75, 3.05) is 18.5 Å². The maximum Gasteiger partial charge on any atom is 0.407 e. The molecule has 2 aromatic carbocycles. The van der Waals surface area contributed by atoms with E-state index in [4.69, 9.17) is 9.47 Å². The average molecular weight is 609 g/mol. The fraction of sp³-hybridized carbons (Fsp3) is 0.455. The number of esters is 1. The zero-order valence-electron chi connectivity index (χ0n) is 25.6. The molecule has 44 heavy (non-hydrogen) atoms. The summed E-state index contributed by atoms with van der Waals surface area (Å²) in [5.74, 6) is -1.53. The zero-order valence-corrected chi connectivity index (χ0v) is 25.6. The molecule has 1 fully saturated rings. The summed E-state index contributed by atoms with van der Waals surface area (Å²) < 4.78 is 23.9. The second-order valence-corrected chi connectivity index (χ2v) is 12.2. The number of benzene rings is 2. The molecular weight excluding hydrogens is 567 g/mol. The predicted molar refractivity (Wildman–Crippen MR) is 165 cm³/mol. The lowest BCUT2D eigenvalue weighted by molar-refractivity contribution is -0.130. The average Bonchev–Trinajstić information content (AvgIpc) is 3.40. The highest BCUT2D eigenvalue weighted by atomic mass is 19.1. The van der Waals surface area contributed by atoms with E-state index in [1.165, 1.54) is 12.1 Å². The lowest BCUT2D eigenvalue weighted by Gasteiger charge is -2.29. The summed E-state index contributed by atoms with van der Waals surface area (Å²) >= 11 is 0. The Labute approximate surface area is 256 Å². The van der Waals surface area contributed by atoms with Crippen molar-refractivity contribution in [3.05, 3.63) is 65.6 Å². The first-order valence-electron chi connectivity index (χ1n) is 15.0. The van der Waals surface area contributed by atoms with Gasteiger partial charge in [-0.2, -0.15) is 0 Å². The Morgan fingerprint density at radius 1 is 1.00 bits per heavy atom. The Bertz CT molecular complexity index is 1470. The molecule has 1 aromatic heterocycles. The highest BCUT2D eigenvalue weighted by molar-refractivity contribution is 6.00. The van der Waals surface area contributed by atoms with Gasteiger partial charge in [-0.05, 0) is 101 Å². The first-order chi connectivity index (χ1) is 20.9. The predicted octanol–water partition coefficient (Wildman–Crippen LogP) is 5.48. The van der Waals surface area contributed by atoms with Gasteiger partial charge in [-0.15, -0.1) is 0 Å². The third kappa shape index (κ3) is 9.29. The smallest absolute Gasteiger partial charge is 0.407 e. The van der Waals surface area contributed by atoms with Gasteiger partial charge in [0.15, 0.2) is 0 Å². The molecule has 1 saturated carbocycles. The SMILES string of the molecule is CCOC(=O)c1cc2cc(NC(=O)[C@H](Cc3ccc(F)cc3)NC(=O)C3CCC(CNC(=O)OC(C)(C)C)CC3)ccc2[nH]1. The quantitative estimate of drug-likeness (QED) is 0.225. The molecule has 0 bridgehead atoms. The Morgan fingerprint density at radius 3 is 2.36 bits per heavy atom. The van der Waals surface area contributed by atoms with Crippen molar-refractivity contribution >= 4 is 40.5 Å². The number of hydrogen-bond donors (Lipinski definition) is 4. The molecule has 0 aliphatic heterocycles. The molecule has 11 heteroatoms. The minimum absolute atomic E-state index is 0.173. The van der Waals surface area contributed by atoms with Gasteiger partial charge in [-0.25, -0.2) is 14.0 Å². The summed E-state index contributed by atoms with van der Waals surface area (Å²) in [5.41, 5.74) is 1.64. The number of amides is 3. The van der Waals surface area contributed by atoms with E-state index in [1.807, 2.05) is 20.8 Å². The molecule has 0 radical (unpaired) electrons. The number of rotatable bonds is 10. The first-order valence-corrected chi connectivity index (χ1v) is 15.0. The number of ether oxygens (including phenoxy) is 2. The summed E-state index contributed by atoms with van der Waals surface area (Å²) in [5, 5.41) is 9.33. The second-order valence-electron chi connectivity index (χ2n) is 12.2. The second kappa shape index (κ2) is 14.4. The summed E-state index contributed by atoms with van der Waals surface area (Å²) in [6, 6.07) is 11.7. The van der Waals surface area contributed by atoms with Crippen LogP contribution in [-0.4, -0.2) is 53.7 Å². The van der Waals surface area contributed by atoms with Crippen LogP contribution >= 0.6 is 0 Å². The van der Waals surface area contributed by atoms with Crippen molar-refractivity contribution < 1.29 is 33.0 Å². The number of alkyl carbamates (subject to hydrolysis) is 1. The van der Waals surface area contributed by atoms with E-state index in [9.17, 15) is 23.6 Å². The van der Waals surface area contributed by atoms with Gasteiger partial charge in [-0.1, -0.05) is 12.1 Å². The Hall–Kier alpha value is -4.41. The Morgan fingerprint density at radius 2 is 1.70 bits per heavy atom. The molecule has 3 amide bonds. The summed E-state index contributed by atoms with van der Waals surface area (Å²) in [6.07, 6.45) is 2.49. The molecule has 10 nitrogen and oxygen atoms in total. The summed E-state index contributed by atoms with van der Waals surface area (Å²) in [6.45, 7) is 7.89. The molecule has 1 atom stereocenters. The largest absolute Gasteiger partial charge is 0.461 e. The number of carbonyl (C=O) groups excluding carboxylic acids is 4. The van der Waals surface area contributed by atoms with Crippen LogP contribution in [0, 0.1) is 17.7 Å². The van der Waals surface area contributed by atoms with Crippen LogP contribution in [0.3, 0.4) is 0 Å². The van der Waals surface area contributed by atoms with Crippen molar-refractivity contribution in [1.82, 2.24) is 15.6 Å². The molecule has 0 unspecified atom stereocenters. The number of fused-ring (bicyclic) bond motifs is 1. The van der Waals surface area contributed by atoms with Crippen LogP contribution in [0.1, 0.15) is 69.4 Å². The third-order valence-corrected chi connectivity index (χ3v) is 7.52. The molecular formula is C33H41FN4O6. The molecule has 1 heterocycles. The Kier molecular flexibility index (Phi) is 10.6. The van der Waals surface area contributed by atoms with Crippen molar-refractivity contribution in [3.8, 4) is 0 Å². The standard InChI is InChI=1S/C33H41FN4O6/c1-5-43-31(41)28-18-23-17-25(14-15-26(23)37-28)36-30(40)27(16-20-8-12-24(34)13-9-20)38-29(39)22-10-6-21(7-11-22)19-35-32(42)44-33(2,3)4/h8-9,12-15,17-18,21-22,27,37H,5-7,10-11,16,19H2,1-4H3,(H,35,42)(H,36,40)(H,38,39)/t21?,22?,27-/m0/s1. The molecule has 3 aromatic rings. The van der Waals surface area contributed by atoms with Gasteiger partial charge in [-0.3, -0.25) is 9.59 Å². The van der Waals surface area contributed by atoms with Crippen LogP contribution in [-0.2, 0) is 25.5 Å². The van der Waals surface area contributed by atoms with Gasteiger partial charge >= 0.3 is 12.1 Å². The number of nitrogens with one attached hydrogen (secondary N) is 4. The van der Waals surface area contributed by atoms with Crippen LogP contribution in [0.2, 0.25) is 0 Å². The van der Waals surface area contributed by atoms with Gasteiger partial charge in [0.1, 0.15) is 23.2 Å².